The number of pyridine rings is 1. The molecule has 2 atom stereocenters. The average Bonchev–Trinajstić information content (AvgIpc) is 3.80. The van der Waals surface area contributed by atoms with Crippen LogP contribution in [0.25, 0.3) is 16.5 Å². The van der Waals surface area contributed by atoms with Crippen LogP contribution in [-0.2, 0) is 21.7 Å². The number of benzene rings is 2. The molecule has 10 heteroatoms. The fraction of sp³-hybridized carbons (Fsp3) is 0.412. The van der Waals surface area contributed by atoms with Crippen molar-refractivity contribution < 1.29 is 23.5 Å². The minimum atomic E-state index is -1.45. The van der Waals surface area contributed by atoms with Crippen LogP contribution in [0.3, 0.4) is 0 Å². The second kappa shape index (κ2) is 11.5. The molecular weight excluding hydrogens is 564 g/mol. The van der Waals surface area contributed by atoms with Gasteiger partial charge in [-0.15, -0.1) is 0 Å². The predicted molar refractivity (Wildman–Crippen MR) is 164 cm³/mol. The fourth-order valence-corrected chi connectivity index (χ4v) is 6.54. The smallest absolute Gasteiger partial charge is 0.234 e. The first-order valence-corrected chi connectivity index (χ1v) is 15.1. The summed E-state index contributed by atoms with van der Waals surface area (Å²) in [6, 6.07) is 12.8. The Balaban J connectivity index is 1.19. The number of nitrogens with one attached hydrogen (secondary N) is 3. The summed E-state index contributed by atoms with van der Waals surface area (Å²) < 4.78 is 30.2. The van der Waals surface area contributed by atoms with Crippen molar-refractivity contribution in [3.05, 3.63) is 82.9 Å². The number of hydrogen-bond donors (Lipinski definition) is 4. The molecular formula is C34H37F2N5O3. The van der Waals surface area contributed by atoms with Gasteiger partial charge in [-0.05, 0) is 54.5 Å². The molecule has 6 rings (SSSR count). The lowest BCUT2D eigenvalue weighted by Crippen LogP contribution is -2.55. The van der Waals surface area contributed by atoms with Crippen molar-refractivity contribution in [2.75, 3.05) is 13.1 Å². The number of imide groups is 1. The summed E-state index contributed by atoms with van der Waals surface area (Å²) in [5.74, 6) is -2.85. The maximum absolute atomic E-state index is 16.2. The Morgan fingerprint density at radius 2 is 1.93 bits per heavy atom. The third kappa shape index (κ3) is 5.76. The summed E-state index contributed by atoms with van der Waals surface area (Å²) in [5, 5.41) is 25.3. The summed E-state index contributed by atoms with van der Waals surface area (Å²) in [6.45, 7) is 5.50. The number of rotatable bonds is 8. The lowest BCUT2D eigenvalue weighted by Gasteiger charge is -2.50. The highest BCUT2D eigenvalue weighted by molar-refractivity contribution is 6.17. The summed E-state index contributed by atoms with van der Waals surface area (Å²) in [6.07, 6.45) is 6.10. The van der Waals surface area contributed by atoms with Gasteiger partial charge in [-0.2, -0.15) is 4.39 Å². The molecule has 2 aliphatic heterocycles. The van der Waals surface area contributed by atoms with Crippen LogP contribution < -0.4 is 10.6 Å². The largest absolute Gasteiger partial charge is 0.388 e. The Morgan fingerprint density at radius 3 is 2.59 bits per heavy atom. The third-order valence-corrected chi connectivity index (χ3v) is 9.38. The second-order valence-corrected chi connectivity index (χ2v) is 13.0. The molecule has 0 spiro atoms. The van der Waals surface area contributed by atoms with Crippen LogP contribution in [0, 0.1) is 16.6 Å². The van der Waals surface area contributed by atoms with Crippen LogP contribution in [-0.4, -0.2) is 51.9 Å². The first-order chi connectivity index (χ1) is 20.9. The number of aromatic nitrogens is 1. The summed E-state index contributed by atoms with van der Waals surface area (Å²) >= 11 is 0. The van der Waals surface area contributed by atoms with Gasteiger partial charge in [0.25, 0.3) is 0 Å². The molecule has 2 saturated heterocycles. The maximum Gasteiger partial charge on any atom is 0.234 e. The van der Waals surface area contributed by atoms with E-state index in [0.717, 1.165) is 18.4 Å². The van der Waals surface area contributed by atoms with Crippen molar-refractivity contribution in [1.82, 2.24) is 20.5 Å². The lowest BCUT2D eigenvalue weighted by molar-refractivity contribution is -0.134. The number of halogens is 2. The number of amides is 2. The number of carbonyl (C=O) groups excluding carboxylic acids is 2. The van der Waals surface area contributed by atoms with Gasteiger partial charge >= 0.3 is 0 Å². The molecule has 3 aromatic rings. The molecule has 3 heterocycles. The SMILES string of the molecule is CC1(C)CN(Cc2ccc(/C(=C/NC3CC3)C(=N)F)cc2)CC[C@]1(O)c1ccc2ncc([C@@H]3CCC(=O)NC3=O)cc2c1F. The molecule has 1 aliphatic carbocycles. The van der Waals surface area contributed by atoms with E-state index in [4.69, 9.17) is 5.41 Å². The second-order valence-electron chi connectivity index (χ2n) is 13.0. The van der Waals surface area contributed by atoms with Gasteiger partial charge < -0.3 is 10.4 Å². The Hall–Kier alpha value is -4.02. The highest BCUT2D eigenvalue weighted by Crippen LogP contribution is 2.48. The van der Waals surface area contributed by atoms with Gasteiger partial charge in [-0.25, -0.2) is 4.39 Å². The van der Waals surface area contributed by atoms with E-state index in [1.165, 1.54) is 0 Å². The number of fused-ring (bicyclic) bond motifs is 1. The summed E-state index contributed by atoms with van der Waals surface area (Å²) in [7, 11) is 0. The number of aliphatic hydroxyl groups is 1. The quantitative estimate of drug-likeness (QED) is 0.212. The van der Waals surface area contributed by atoms with Crippen molar-refractivity contribution >= 4 is 34.3 Å². The van der Waals surface area contributed by atoms with E-state index in [1.54, 1.807) is 30.6 Å². The standard InChI is InChI=1S/C34H37F2N5O3/c1-33(2)19-41(18-20-3-5-21(6-4-20)26(31(36)37)17-38-23-7-8-23)14-13-34(33,44)27-10-11-28-25(30(27)35)15-22(16-39-28)24-9-12-29(42)40-32(24)43/h3-6,10-11,15-17,23-24,37-38,44H,7-9,12-14,18-19H2,1-2H3,(H,40,42,43)/b26-17-,37-31?/t24-,34-/m0/s1. The highest BCUT2D eigenvalue weighted by atomic mass is 19.1. The van der Waals surface area contributed by atoms with Gasteiger partial charge in [0.2, 0.25) is 17.8 Å². The number of piperidine rings is 2. The summed E-state index contributed by atoms with van der Waals surface area (Å²) in [5.41, 5.74) is 0.861. The number of nitrogens with zero attached hydrogens (tertiary/aromatic N) is 2. The Morgan fingerprint density at radius 1 is 1.18 bits per heavy atom. The molecule has 0 radical (unpaired) electrons. The molecule has 230 valence electrons. The zero-order valence-corrected chi connectivity index (χ0v) is 24.9. The monoisotopic (exact) mass is 601 g/mol. The molecule has 1 saturated carbocycles. The normalized spacial score (nSPS) is 24.3. The van der Waals surface area contributed by atoms with Crippen LogP contribution >= 0.6 is 0 Å². The van der Waals surface area contributed by atoms with E-state index in [-0.39, 0.29) is 28.9 Å². The predicted octanol–water partition coefficient (Wildman–Crippen LogP) is 5.05. The van der Waals surface area contributed by atoms with Crippen LogP contribution in [0.15, 0.2) is 54.9 Å². The fourth-order valence-electron chi connectivity index (χ4n) is 6.54. The van der Waals surface area contributed by atoms with Gasteiger partial charge in [-0.3, -0.25) is 30.2 Å². The minimum absolute atomic E-state index is 0.203. The van der Waals surface area contributed by atoms with Crippen LogP contribution in [0.2, 0.25) is 0 Å². The highest BCUT2D eigenvalue weighted by Gasteiger charge is 2.50. The Kier molecular flexibility index (Phi) is 7.83. The molecule has 4 N–H and O–H groups in total. The van der Waals surface area contributed by atoms with Crippen molar-refractivity contribution in [2.24, 2.45) is 5.41 Å². The lowest BCUT2D eigenvalue weighted by atomic mass is 9.66. The summed E-state index contributed by atoms with van der Waals surface area (Å²) in [4.78, 5) is 30.6. The molecule has 8 nitrogen and oxygen atoms in total. The topological polar surface area (TPSA) is 118 Å². The van der Waals surface area contributed by atoms with E-state index >= 15 is 4.39 Å². The first-order valence-electron chi connectivity index (χ1n) is 15.1. The number of hydrogen-bond acceptors (Lipinski definition) is 7. The molecule has 0 unspecified atom stereocenters. The molecule has 44 heavy (non-hydrogen) atoms. The first kappa shape index (κ1) is 30.0. The molecule has 3 aliphatic rings. The minimum Gasteiger partial charge on any atom is -0.388 e. The number of carbonyl (C=O) groups is 2. The average molecular weight is 602 g/mol. The van der Waals surface area contributed by atoms with E-state index < -0.39 is 34.6 Å². The Labute approximate surface area is 255 Å². The van der Waals surface area contributed by atoms with E-state index in [0.29, 0.717) is 55.2 Å². The van der Waals surface area contributed by atoms with E-state index in [2.05, 4.69) is 20.5 Å². The zero-order valence-electron chi connectivity index (χ0n) is 24.9. The number of allylic oxidation sites excluding steroid dienone is 1. The number of likely N-dealkylation sites (tertiary alicyclic amines) is 1. The zero-order chi connectivity index (χ0) is 31.2. The van der Waals surface area contributed by atoms with Crippen LogP contribution in [0.1, 0.15) is 74.1 Å². The Bertz CT molecular complexity index is 1670. The molecule has 2 aromatic carbocycles. The third-order valence-electron chi connectivity index (χ3n) is 9.38. The van der Waals surface area contributed by atoms with Gasteiger partial charge in [0.15, 0.2) is 0 Å². The van der Waals surface area contributed by atoms with Crippen molar-refractivity contribution in [1.29, 1.82) is 5.41 Å². The van der Waals surface area contributed by atoms with Crippen molar-refractivity contribution in [3.8, 4) is 0 Å². The molecule has 1 aromatic heterocycles. The van der Waals surface area contributed by atoms with Crippen LogP contribution in [0.4, 0.5) is 8.78 Å². The van der Waals surface area contributed by atoms with E-state index in [9.17, 15) is 19.1 Å². The van der Waals surface area contributed by atoms with Gasteiger partial charge in [0.05, 0.1) is 22.6 Å². The van der Waals surface area contributed by atoms with E-state index in [1.807, 2.05) is 38.1 Å². The molecule has 2 amide bonds. The molecule has 3 fully saturated rings. The van der Waals surface area contributed by atoms with Crippen molar-refractivity contribution in [2.45, 2.75) is 70.1 Å². The van der Waals surface area contributed by atoms with Crippen LogP contribution in [0.5, 0.6) is 0 Å². The van der Waals surface area contributed by atoms with Gasteiger partial charge in [0, 0.05) is 60.9 Å². The van der Waals surface area contributed by atoms with Gasteiger partial charge in [0.1, 0.15) is 5.82 Å². The van der Waals surface area contributed by atoms with Crippen molar-refractivity contribution in [3.63, 3.8) is 0 Å². The van der Waals surface area contributed by atoms with Gasteiger partial charge in [-0.1, -0.05) is 44.2 Å². The molecule has 0 bridgehead atoms. The maximum atomic E-state index is 16.2.